The number of rotatable bonds is 6. The molecular formula is C14H18O5. The van der Waals surface area contributed by atoms with Gasteiger partial charge in [-0.15, -0.1) is 0 Å². The van der Waals surface area contributed by atoms with Crippen LogP contribution in [-0.4, -0.2) is 32.4 Å². The third kappa shape index (κ3) is 2.14. The van der Waals surface area contributed by atoms with E-state index in [1.807, 2.05) is 0 Å². The fraction of sp³-hybridized carbons (Fsp3) is 0.500. The first kappa shape index (κ1) is 13.7. The summed E-state index contributed by atoms with van der Waals surface area (Å²) in [4.78, 5) is 11.5. The number of benzene rings is 1. The van der Waals surface area contributed by atoms with Crippen LogP contribution in [0.15, 0.2) is 12.1 Å². The zero-order chi connectivity index (χ0) is 14.0. The number of aliphatic carboxylic acids is 1. The average Bonchev–Trinajstić information content (AvgIpc) is 3.20. The number of carboxylic acids is 1. The van der Waals surface area contributed by atoms with Gasteiger partial charge in [-0.3, -0.25) is 4.79 Å². The van der Waals surface area contributed by atoms with Crippen LogP contribution in [0.3, 0.4) is 0 Å². The Morgan fingerprint density at radius 3 is 2.37 bits per heavy atom. The average molecular weight is 266 g/mol. The first-order chi connectivity index (χ1) is 9.10. The Balaban J connectivity index is 2.57. The zero-order valence-electron chi connectivity index (χ0n) is 11.4. The maximum atomic E-state index is 11.5. The molecule has 0 atom stereocenters. The molecule has 1 aromatic rings. The topological polar surface area (TPSA) is 65.0 Å². The van der Waals surface area contributed by atoms with E-state index in [-0.39, 0.29) is 0 Å². The lowest BCUT2D eigenvalue weighted by atomic mass is 9.92. The van der Waals surface area contributed by atoms with Crippen molar-refractivity contribution in [2.45, 2.75) is 24.9 Å². The fourth-order valence-corrected chi connectivity index (χ4v) is 2.42. The molecular weight excluding hydrogens is 248 g/mol. The molecule has 1 aliphatic carbocycles. The minimum atomic E-state index is -0.806. The number of carboxylic acid groups (broad SMARTS) is 1. The van der Waals surface area contributed by atoms with Gasteiger partial charge in [0.15, 0.2) is 0 Å². The van der Waals surface area contributed by atoms with Crippen molar-refractivity contribution in [2.24, 2.45) is 0 Å². The van der Waals surface area contributed by atoms with Gasteiger partial charge in [-0.25, -0.2) is 0 Å². The summed E-state index contributed by atoms with van der Waals surface area (Å²) < 4.78 is 15.9. The second-order valence-electron chi connectivity index (χ2n) is 4.65. The van der Waals surface area contributed by atoms with Gasteiger partial charge in [0.1, 0.15) is 11.5 Å². The lowest BCUT2D eigenvalue weighted by molar-refractivity contribution is -0.140. The van der Waals surface area contributed by atoms with Crippen LogP contribution < -0.4 is 9.47 Å². The molecule has 0 heterocycles. The summed E-state index contributed by atoms with van der Waals surface area (Å²) in [7, 11) is 4.68. The van der Waals surface area contributed by atoms with Gasteiger partial charge in [-0.1, -0.05) is 6.07 Å². The molecule has 19 heavy (non-hydrogen) atoms. The fourth-order valence-electron chi connectivity index (χ4n) is 2.42. The molecule has 5 heteroatoms. The summed E-state index contributed by atoms with van der Waals surface area (Å²) in [6.07, 6.45) is 1.27. The SMILES string of the molecule is COCc1c(OC)ccc(C2(C(=O)O)CC2)c1OC. The summed E-state index contributed by atoms with van der Waals surface area (Å²) in [6, 6.07) is 3.55. The molecule has 0 radical (unpaired) electrons. The van der Waals surface area contributed by atoms with Crippen LogP contribution in [0.25, 0.3) is 0 Å². The van der Waals surface area contributed by atoms with Crippen molar-refractivity contribution in [2.75, 3.05) is 21.3 Å². The molecule has 5 nitrogen and oxygen atoms in total. The molecule has 2 rings (SSSR count). The van der Waals surface area contributed by atoms with Gasteiger partial charge >= 0.3 is 5.97 Å². The molecule has 1 aromatic carbocycles. The van der Waals surface area contributed by atoms with E-state index in [0.29, 0.717) is 36.5 Å². The summed E-state index contributed by atoms with van der Waals surface area (Å²) >= 11 is 0. The molecule has 0 bridgehead atoms. The monoisotopic (exact) mass is 266 g/mol. The van der Waals surface area contributed by atoms with Gasteiger partial charge in [0.25, 0.3) is 0 Å². The number of ether oxygens (including phenoxy) is 3. The highest BCUT2D eigenvalue weighted by Crippen LogP contribution is 2.53. The van der Waals surface area contributed by atoms with Crippen molar-refractivity contribution >= 4 is 5.97 Å². The van der Waals surface area contributed by atoms with Crippen LogP contribution in [0.5, 0.6) is 11.5 Å². The summed E-state index contributed by atoms with van der Waals surface area (Å²) in [6.45, 7) is 0.315. The largest absolute Gasteiger partial charge is 0.496 e. The van der Waals surface area contributed by atoms with E-state index in [4.69, 9.17) is 14.2 Å². The van der Waals surface area contributed by atoms with Crippen LogP contribution in [0.2, 0.25) is 0 Å². The van der Waals surface area contributed by atoms with E-state index >= 15 is 0 Å². The molecule has 0 spiro atoms. The third-order valence-corrected chi connectivity index (χ3v) is 3.61. The van der Waals surface area contributed by atoms with Crippen molar-refractivity contribution in [1.82, 2.24) is 0 Å². The maximum Gasteiger partial charge on any atom is 0.314 e. The van der Waals surface area contributed by atoms with Crippen molar-refractivity contribution in [3.8, 4) is 11.5 Å². The molecule has 104 valence electrons. The Hall–Kier alpha value is -1.75. The van der Waals surface area contributed by atoms with Gasteiger partial charge in [0.05, 0.1) is 31.8 Å². The van der Waals surface area contributed by atoms with Crippen molar-refractivity contribution in [1.29, 1.82) is 0 Å². The Labute approximate surface area is 112 Å². The molecule has 0 aromatic heterocycles. The molecule has 0 amide bonds. The number of carbonyl (C=O) groups is 1. The molecule has 1 fully saturated rings. The van der Waals surface area contributed by atoms with E-state index < -0.39 is 11.4 Å². The van der Waals surface area contributed by atoms with Gasteiger partial charge in [0.2, 0.25) is 0 Å². The van der Waals surface area contributed by atoms with E-state index in [1.165, 1.54) is 7.11 Å². The molecule has 0 aliphatic heterocycles. The summed E-state index contributed by atoms with van der Waals surface area (Å²) in [5.41, 5.74) is 0.646. The highest BCUT2D eigenvalue weighted by atomic mass is 16.5. The summed E-state index contributed by atoms with van der Waals surface area (Å²) in [5, 5.41) is 9.41. The van der Waals surface area contributed by atoms with Crippen LogP contribution in [-0.2, 0) is 21.6 Å². The Morgan fingerprint density at radius 1 is 1.26 bits per heavy atom. The third-order valence-electron chi connectivity index (χ3n) is 3.61. The predicted octanol–water partition coefficient (Wildman–Crippen LogP) is 1.97. The lowest BCUT2D eigenvalue weighted by Crippen LogP contribution is -2.21. The van der Waals surface area contributed by atoms with Crippen molar-refractivity contribution in [3.05, 3.63) is 23.3 Å². The molecule has 1 N–H and O–H groups in total. The van der Waals surface area contributed by atoms with E-state index in [1.54, 1.807) is 26.4 Å². The highest BCUT2D eigenvalue weighted by molar-refractivity contribution is 5.86. The summed E-state index contributed by atoms with van der Waals surface area (Å²) in [5.74, 6) is 0.393. The number of hydrogen-bond donors (Lipinski definition) is 1. The lowest BCUT2D eigenvalue weighted by Gasteiger charge is -2.20. The standard InChI is InChI=1S/C14H18O5/c1-17-8-9-11(18-2)5-4-10(12(9)19-3)14(6-7-14)13(15)16/h4-5H,6-8H2,1-3H3,(H,15,16). The van der Waals surface area contributed by atoms with E-state index in [9.17, 15) is 9.90 Å². The Kier molecular flexibility index (Phi) is 3.66. The second kappa shape index (κ2) is 5.09. The maximum absolute atomic E-state index is 11.5. The zero-order valence-corrected chi connectivity index (χ0v) is 11.4. The Morgan fingerprint density at radius 2 is 1.95 bits per heavy atom. The van der Waals surface area contributed by atoms with Crippen LogP contribution in [0, 0.1) is 0 Å². The van der Waals surface area contributed by atoms with Crippen LogP contribution in [0.1, 0.15) is 24.0 Å². The van der Waals surface area contributed by atoms with Crippen molar-refractivity contribution in [3.63, 3.8) is 0 Å². The number of hydrogen-bond acceptors (Lipinski definition) is 4. The Bertz CT molecular complexity index is 491. The van der Waals surface area contributed by atoms with Crippen LogP contribution >= 0.6 is 0 Å². The van der Waals surface area contributed by atoms with E-state index in [2.05, 4.69) is 0 Å². The minimum absolute atomic E-state index is 0.315. The predicted molar refractivity (Wildman–Crippen MR) is 68.8 cm³/mol. The number of methoxy groups -OCH3 is 3. The van der Waals surface area contributed by atoms with Gasteiger partial charge in [-0.05, 0) is 18.9 Å². The smallest absolute Gasteiger partial charge is 0.314 e. The van der Waals surface area contributed by atoms with E-state index in [0.717, 1.165) is 5.56 Å². The second-order valence-corrected chi connectivity index (χ2v) is 4.65. The van der Waals surface area contributed by atoms with Gasteiger partial charge < -0.3 is 19.3 Å². The quantitative estimate of drug-likeness (QED) is 0.852. The molecule has 1 aliphatic rings. The normalized spacial score (nSPS) is 15.9. The van der Waals surface area contributed by atoms with Crippen molar-refractivity contribution < 1.29 is 24.1 Å². The van der Waals surface area contributed by atoms with Gasteiger partial charge in [0, 0.05) is 12.7 Å². The first-order valence-electron chi connectivity index (χ1n) is 6.07. The van der Waals surface area contributed by atoms with Gasteiger partial charge in [-0.2, -0.15) is 0 Å². The molecule has 0 saturated heterocycles. The highest BCUT2D eigenvalue weighted by Gasteiger charge is 2.53. The minimum Gasteiger partial charge on any atom is -0.496 e. The molecule has 0 unspecified atom stereocenters. The van der Waals surface area contributed by atoms with Crippen LogP contribution in [0.4, 0.5) is 0 Å². The molecule has 1 saturated carbocycles. The first-order valence-corrected chi connectivity index (χ1v) is 6.07.